The molecule has 2 aromatic rings. The highest BCUT2D eigenvalue weighted by Gasteiger charge is 2.12. The van der Waals surface area contributed by atoms with Crippen LogP contribution in [0.1, 0.15) is 23.1 Å². The van der Waals surface area contributed by atoms with Gasteiger partial charge in [0.15, 0.2) is 5.96 Å². The molecule has 2 N–H and O–H groups in total. The number of nitrogens with one attached hydrogen (secondary N) is 2. The van der Waals surface area contributed by atoms with Crippen molar-refractivity contribution >= 4 is 5.96 Å². The molecule has 1 fully saturated rings. The van der Waals surface area contributed by atoms with Gasteiger partial charge in [0.05, 0.1) is 13.2 Å². The molecule has 0 bridgehead atoms. The first-order valence-electron chi connectivity index (χ1n) is 11.3. The van der Waals surface area contributed by atoms with Crippen molar-refractivity contribution in [1.29, 1.82) is 0 Å². The zero-order chi connectivity index (χ0) is 21.7. The first kappa shape index (κ1) is 23.3. The van der Waals surface area contributed by atoms with E-state index in [2.05, 4.69) is 87.1 Å². The lowest BCUT2D eigenvalue weighted by atomic mass is 10.1. The molecule has 0 aromatic heterocycles. The van der Waals surface area contributed by atoms with Crippen LogP contribution in [-0.2, 0) is 24.4 Å². The number of rotatable bonds is 10. The van der Waals surface area contributed by atoms with E-state index < -0.39 is 0 Å². The fourth-order valence-electron chi connectivity index (χ4n) is 3.81. The Balaban J connectivity index is 1.38. The molecule has 1 aliphatic heterocycles. The lowest BCUT2D eigenvalue weighted by Crippen LogP contribution is -2.39. The van der Waals surface area contributed by atoms with E-state index in [-0.39, 0.29) is 0 Å². The molecule has 1 saturated heterocycles. The Kier molecular flexibility index (Phi) is 9.83. The number of ether oxygens (including phenoxy) is 1. The molecule has 0 spiro atoms. The summed E-state index contributed by atoms with van der Waals surface area (Å²) in [5.41, 5.74) is 4.04. The molecule has 168 valence electrons. The number of nitrogens with zero attached hydrogens (tertiary/aromatic N) is 3. The number of morpholine rings is 1. The van der Waals surface area contributed by atoms with E-state index in [1.807, 2.05) is 7.05 Å². The molecule has 1 aliphatic rings. The van der Waals surface area contributed by atoms with E-state index in [0.29, 0.717) is 0 Å². The molecule has 6 nitrogen and oxygen atoms in total. The summed E-state index contributed by atoms with van der Waals surface area (Å²) >= 11 is 0. The normalized spacial score (nSPS) is 15.3. The average Bonchev–Trinajstić information content (AvgIpc) is 2.81. The minimum atomic E-state index is 0.772. The summed E-state index contributed by atoms with van der Waals surface area (Å²) in [6.45, 7) is 8.33. The highest BCUT2D eigenvalue weighted by atomic mass is 16.5. The van der Waals surface area contributed by atoms with Gasteiger partial charge in [0.25, 0.3) is 0 Å². The van der Waals surface area contributed by atoms with Crippen LogP contribution in [0.15, 0.2) is 59.6 Å². The number of hydrogen-bond donors (Lipinski definition) is 2. The second-order valence-electron chi connectivity index (χ2n) is 8.09. The first-order valence-corrected chi connectivity index (χ1v) is 11.3. The van der Waals surface area contributed by atoms with E-state index >= 15 is 0 Å². The molecule has 2 aromatic carbocycles. The van der Waals surface area contributed by atoms with Crippen LogP contribution in [0.5, 0.6) is 0 Å². The summed E-state index contributed by atoms with van der Waals surface area (Å²) in [5, 5.41) is 6.92. The third kappa shape index (κ3) is 8.32. The van der Waals surface area contributed by atoms with E-state index in [1.165, 1.54) is 16.7 Å². The molecule has 0 radical (unpaired) electrons. The van der Waals surface area contributed by atoms with Gasteiger partial charge in [0.1, 0.15) is 0 Å². The third-order valence-electron chi connectivity index (χ3n) is 5.59. The summed E-state index contributed by atoms with van der Waals surface area (Å²) < 4.78 is 5.47. The Labute approximate surface area is 187 Å². The monoisotopic (exact) mass is 423 g/mol. The van der Waals surface area contributed by atoms with Crippen LogP contribution in [-0.4, -0.2) is 69.2 Å². The van der Waals surface area contributed by atoms with Gasteiger partial charge in [0.2, 0.25) is 0 Å². The summed E-state index contributed by atoms with van der Waals surface area (Å²) in [5.74, 6) is 0.854. The Hall–Kier alpha value is -2.41. The fourth-order valence-corrected chi connectivity index (χ4v) is 3.81. The SMILES string of the molecule is CN=C(NCCCN(C)Cc1ccccc1)NCc1ccccc1CN1CCOCC1. The molecule has 3 rings (SSSR count). The number of benzene rings is 2. The van der Waals surface area contributed by atoms with Crippen molar-refractivity contribution in [2.24, 2.45) is 4.99 Å². The van der Waals surface area contributed by atoms with Crippen LogP contribution in [0, 0.1) is 0 Å². The van der Waals surface area contributed by atoms with Gasteiger partial charge >= 0.3 is 0 Å². The summed E-state index contributed by atoms with van der Waals surface area (Å²) in [7, 11) is 4.00. The summed E-state index contributed by atoms with van der Waals surface area (Å²) in [6, 6.07) is 19.3. The highest BCUT2D eigenvalue weighted by Crippen LogP contribution is 2.13. The molecular formula is C25H37N5O. The minimum absolute atomic E-state index is 0.772. The zero-order valence-corrected chi connectivity index (χ0v) is 19.0. The maximum Gasteiger partial charge on any atom is 0.191 e. The van der Waals surface area contributed by atoms with Gasteiger partial charge in [-0.2, -0.15) is 0 Å². The van der Waals surface area contributed by atoms with Gasteiger partial charge in [-0.1, -0.05) is 54.6 Å². The van der Waals surface area contributed by atoms with Crippen molar-refractivity contribution in [3.8, 4) is 0 Å². The van der Waals surface area contributed by atoms with Crippen LogP contribution < -0.4 is 10.6 Å². The number of guanidine groups is 1. The van der Waals surface area contributed by atoms with Gasteiger partial charge in [-0.25, -0.2) is 0 Å². The van der Waals surface area contributed by atoms with Crippen molar-refractivity contribution in [2.45, 2.75) is 26.1 Å². The van der Waals surface area contributed by atoms with Crippen LogP contribution in [0.25, 0.3) is 0 Å². The van der Waals surface area contributed by atoms with E-state index in [4.69, 9.17) is 4.74 Å². The predicted octanol–water partition coefficient (Wildman–Crippen LogP) is 2.71. The second-order valence-corrected chi connectivity index (χ2v) is 8.09. The van der Waals surface area contributed by atoms with Gasteiger partial charge in [0, 0.05) is 46.3 Å². The summed E-state index contributed by atoms with van der Waals surface area (Å²) in [4.78, 5) is 9.20. The van der Waals surface area contributed by atoms with Crippen LogP contribution in [0.4, 0.5) is 0 Å². The lowest BCUT2D eigenvalue weighted by molar-refractivity contribution is 0.0341. The quantitative estimate of drug-likeness (QED) is 0.350. The van der Waals surface area contributed by atoms with Crippen LogP contribution in [0.2, 0.25) is 0 Å². The maximum absolute atomic E-state index is 5.47. The summed E-state index contributed by atoms with van der Waals surface area (Å²) in [6.07, 6.45) is 1.07. The Morgan fingerprint density at radius 1 is 1.00 bits per heavy atom. The van der Waals surface area contributed by atoms with E-state index in [0.717, 1.165) is 71.4 Å². The van der Waals surface area contributed by atoms with Gasteiger partial charge < -0.3 is 20.3 Å². The number of hydrogen-bond acceptors (Lipinski definition) is 4. The predicted molar refractivity (Wildman–Crippen MR) is 128 cm³/mol. The van der Waals surface area contributed by atoms with E-state index in [9.17, 15) is 0 Å². The smallest absolute Gasteiger partial charge is 0.191 e. The van der Waals surface area contributed by atoms with Crippen LogP contribution in [0.3, 0.4) is 0 Å². The topological polar surface area (TPSA) is 52.1 Å². The highest BCUT2D eigenvalue weighted by molar-refractivity contribution is 5.79. The van der Waals surface area contributed by atoms with Crippen molar-refractivity contribution in [2.75, 3.05) is 53.5 Å². The molecule has 31 heavy (non-hydrogen) atoms. The van der Waals surface area contributed by atoms with Crippen molar-refractivity contribution in [3.63, 3.8) is 0 Å². The molecule has 6 heteroatoms. The molecule has 0 atom stereocenters. The van der Waals surface area contributed by atoms with Gasteiger partial charge in [-0.05, 0) is 36.7 Å². The Morgan fingerprint density at radius 2 is 1.71 bits per heavy atom. The largest absolute Gasteiger partial charge is 0.379 e. The molecular weight excluding hydrogens is 386 g/mol. The molecule has 0 saturated carbocycles. The second kappa shape index (κ2) is 13.1. The van der Waals surface area contributed by atoms with Crippen molar-refractivity contribution in [1.82, 2.24) is 20.4 Å². The first-order chi connectivity index (χ1) is 15.2. The van der Waals surface area contributed by atoms with E-state index in [1.54, 1.807) is 0 Å². The van der Waals surface area contributed by atoms with Gasteiger partial charge in [-0.15, -0.1) is 0 Å². The Morgan fingerprint density at radius 3 is 2.45 bits per heavy atom. The average molecular weight is 424 g/mol. The van der Waals surface area contributed by atoms with Crippen molar-refractivity contribution in [3.05, 3.63) is 71.3 Å². The molecule has 1 heterocycles. The lowest BCUT2D eigenvalue weighted by Gasteiger charge is -2.27. The maximum atomic E-state index is 5.47. The van der Waals surface area contributed by atoms with Crippen molar-refractivity contribution < 1.29 is 4.74 Å². The number of aliphatic imine (C=N–C) groups is 1. The van der Waals surface area contributed by atoms with Crippen LogP contribution >= 0.6 is 0 Å². The molecule has 0 amide bonds. The minimum Gasteiger partial charge on any atom is -0.379 e. The third-order valence-corrected chi connectivity index (χ3v) is 5.59. The fraction of sp³-hybridized carbons (Fsp3) is 0.480. The van der Waals surface area contributed by atoms with Gasteiger partial charge in [-0.3, -0.25) is 9.89 Å². The molecule has 0 unspecified atom stereocenters. The zero-order valence-electron chi connectivity index (χ0n) is 19.0. The molecule has 0 aliphatic carbocycles. The standard InChI is InChI=1S/C25H37N5O/c1-26-25(27-13-8-14-29(2)20-22-9-4-3-5-10-22)28-19-23-11-6-7-12-24(23)21-30-15-17-31-18-16-30/h3-7,9-12H,8,13-21H2,1-2H3,(H2,26,27,28). The Bertz CT molecular complexity index is 790.